The molecule has 1 unspecified atom stereocenters. The Labute approximate surface area is 110 Å². The van der Waals surface area contributed by atoms with E-state index in [9.17, 15) is 4.79 Å². The Balaban J connectivity index is 2.22. The average molecular weight is 245 g/mol. The number of aryl methyl sites for hydroxylation is 2. The first kappa shape index (κ1) is 13.1. The van der Waals surface area contributed by atoms with Crippen LogP contribution in [0, 0.1) is 5.92 Å². The number of hydrogen-bond donors (Lipinski definition) is 1. The van der Waals surface area contributed by atoms with Crippen molar-refractivity contribution in [2.24, 2.45) is 5.92 Å². The van der Waals surface area contributed by atoms with Crippen LogP contribution in [0.4, 0.5) is 0 Å². The maximum absolute atomic E-state index is 11.6. The predicted molar refractivity (Wildman–Crippen MR) is 74.7 cm³/mol. The van der Waals surface area contributed by atoms with Crippen molar-refractivity contribution in [1.82, 2.24) is 5.32 Å². The van der Waals surface area contributed by atoms with Crippen molar-refractivity contribution in [2.45, 2.75) is 45.4 Å². The summed E-state index contributed by atoms with van der Waals surface area (Å²) in [6.07, 6.45) is 4.29. The van der Waals surface area contributed by atoms with Gasteiger partial charge in [0, 0.05) is 13.5 Å². The van der Waals surface area contributed by atoms with Gasteiger partial charge >= 0.3 is 0 Å². The van der Waals surface area contributed by atoms with E-state index in [2.05, 4.69) is 37.4 Å². The van der Waals surface area contributed by atoms with Crippen LogP contribution in [0.3, 0.4) is 0 Å². The number of amides is 1. The molecule has 1 aromatic carbocycles. The van der Waals surface area contributed by atoms with E-state index in [1.165, 1.54) is 36.0 Å². The molecule has 0 spiro atoms. The van der Waals surface area contributed by atoms with Crippen LogP contribution in [-0.2, 0) is 17.6 Å². The lowest BCUT2D eigenvalue weighted by Gasteiger charge is -2.21. The summed E-state index contributed by atoms with van der Waals surface area (Å²) in [6, 6.07) is 6.81. The molecule has 98 valence electrons. The molecule has 0 bridgehead atoms. The fourth-order valence-corrected chi connectivity index (χ4v) is 2.86. The van der Waals surface area contributed by atoms with Crippen molar-refractivity contribution in [3.05, 3.63) is 34.9 Å². The maximum atomic E-state index is 11.6. The van der Waals surface area contributed by atoms with Gasteiger partial charge in [0.1, 0.15) is 0 Å². The third-order valence-corrected chi connectivity index (χ3v) is 4.04. The van der Waals surface area contributed by atoms with Gasteiger partial charge in [0.15, 0.2) is 0 Å². The highest BCUT2D eigenvalue weighted by Crippen LogP contribution is 2.31. The molecule has 0 heterocycles. The number of hydrogen-bond acceptors (Lipinski definition) is 1. The zero-order chi connectivity index (χ0) is 13.1. The molecule has 0 radical (unpaired) electrons. The van der Waals surface area contributed by atoms with Gasteiger partial charge in [-0.3, -0.25) is 4.79 Å². The van der Waals surface area contributed by atoms with E-state index in [1.807, 2.05) is 0 Å². The highest BCUT2D eigenvalue weighted by atomic mass is 16.1. The molecule has 2 nitrogen and oxygen atoms in total. The van der Waals surface area contributed by atoms with Crippen molar-refractivity contribution in [3.8, 4) is 0 Å². The van der Waals surface area contributed by atoms with Crippen LogP contribution in [0.2, 0.25) is 0 Å². The van der Waals surface area contributed by atoms with Crippen LogP contribution in [0.25, 0.3) is 0 Å². The monoisotopic (exact) mass is 245 g/mol. The molecular weight excluding hydrogens is 222 g/mol. The zero-order valence-electron chi connectivity index (χ0n) is 11.6. The minimum Gasteiger partial charge on any atom is -0.359 e. The van der Waals surface area contributed by atoms with E-state index < -0.39 is 0 Å². The van der Waals surface area contributed by atoms with Crippen LogP contribution >= 0.6 is 0 Å². The van der Waals surface area contributed by atoms with E-state index in [4.69, 9.17) is 0 Å². The third kappa shape index (κ3) is 2.74. The van der Waals surface area contributed by atoms with Gasteiger partial charge in [0.05, 0.1) is 0 Å². The summed E-state index contributed by atoms with van der Waals surface area (Å²) in [7, 11) is 1.71. The maximum Gasteiger partial charge on any atom is 0.220 e. The molecule has 2 rings (SSSR count). The first-order valence-corrected chi connectivity index (χ1v) is 6.94. The van der Waals surface area contributed by atoms with E-state index in [0.29, 0.717) is 18.3 Å². The lowest BCUT2D eigenvalue weighted by molar-refractivity contribution is -0.121. The van der Waals surface area contributed by atoms with E-state index in [0.717, 1.165) is 0 Å². The van der Waals surface area contributed by atoms with Crippen molar-refractivity contribution in [2.75, 3.05) is 7.05 Å². The Morgan fingerprint density at radius 3 is 2.67 bits per heavy atom. The predicted octanol–water partition coefficient (Wildman–Crippen LogP) is 3.05. The summed E-state index contributed by atoms with van der Waals surface area (Å²) >= 11 is 0. The van der Waals surface area contributed by atoms with Gasteiger partial charge in [-0.2, -0.15) is 0 Å². The van der Waals surface area contributed by atoms with Crippen molar-refractivity contribution >= 4 is 5.91 Å². The van der Waals surface area contributed by atoms with Crippen LogP contribution in [0.1, 0.15) is 49.3 Å². The summed E-state index contributed by atoms with van der Waals surface area (Å²) in [6.45, 7) is 4.39. The number of carbonyl (C=O) groups is 1. The van der Waals surface area contributed by atoms with Gasteiger partial charge in [-0.05, 0) is 47.8 Å². The number of rotatable bonds is 4. The van der Waals surface area contributed by atoms with Gasteiger partial charge in [-0.25, -0.2) is 0 Å². The zero-order valence-corrected chi connectivity index (χ0v) is 11.6. The molecule has 1 aromatic rings. The number of carbonyl (C=O) groups excluding carboxylic acids is 1. The summed E-state index contributed by atoms with van der Waals surface area (Å²) in [5, 5.41) is 2.73. The van der Waals surface area contributed by atoms with Crippen LogP contribution < -0.4 is 5.32 Å². The first-order valence-electron chi connectivity index (χ1n) is 6.94. The summed E-state index contributed by atoms with van der Waals surface area (Å²) in [5.41, 5.74) is 4.32. The summed E-state index contributed by atoms with van der Waals surface area (Å²) in [5.74, 6) is 0.951. The fraction of sp³-hybridized carbons (Fsp3) is 0.562. The second kappa shape index (κ2) is 5.55. The van der Waals surface area contributed by atoms with Crippen molar-refractivity contribution in [1.29, 1.82) is 0 Å². The van der Waals surface area contributed by atoms with Crippen molar-refractivity contribution in [3.63, 3.8) is 0 Å². The lowest BCUT2D eigenvalue weighted by atomic mass is 9.84. The molecular formula is C16H23NO. The van der Waals surface area contributed by atoms with E-state index in [-0.39, 0.29) is 5.91 Å². The van der Waals surface area contributed by atoms with Gasteiger partial charge in [0.25, 0.3) is 0 Å². The molecule has 1 aliphatic rings. The van der Waals surface area contributed by atoms with Crippen molar-refractivity contribution < 1.29 is 4.79 Å². The Morgan fingerprint density at radius 1 is 1.28 bits per heavy atom. The topological polar surface area (TPSA) is 29.1 Å². The molecule has 0 aliphatic heterocycles. The number of benzene rings is 1. The van der Waals surface area contributed by atoms with Gasteiger partial charge < -0.3 is 5.32 Å². The Kier molecular flexibility index (Phi) is 4.05. The molecule has 1 N–H and O–H groups in total. The molecule has 2 heteroatoms. The second-order valence-corrected chi connectivity index (χ2v) is 5.61. The van der Waals surface area contributed by atoms with E-state index >= 15 is 0 Å². The highest BCUT2D eigenvalue weighted by molar-refractivity contribution is 5.76. The largest absolute Gasteiger partial charge is 0.359 e. The molecule has 0 aromatic heterocycles. The molecule has 1 aliphatic carbocycles. The normalized spacial score (nSPS) is 15.6. The highest BCUT2D eigenvalue weighted by Gasteiger charge is 2.21. The van der Waals surface area contributed by atoms with Crippen LogP contribution in [0.15, 0.2) is 18.2 Å². The third-order valence-electron chi connectivity index (χ3n) is 4.04. The van der Waals surface area contributed by atoms with Crippen LogP contribution in [0.5, 0.6) is 0 Å². The molecule has 18 heavy (non-hydrogen) atoms. The molecule has 0 saturated heterocycles. The first-order chi connectivity index (χ1) is 8.61. The molecule has 1 amide bonds. The quantitative estimate of drug-likeness (QED) is 0.868. The Hall–Kier alpha value is -1.31. The average Bonchev–Trinajstić information content (AvgIpc) is 2.82. The van der Waals surface area contributed by atoms with Gasteiger partial charge in [-0.1, -0.05) is 32.0 Å². The number of fused-ring (bicyclic) bond motifs is 1. The molecule has 0 saturated carbocycles. The Bertz CT molecular complexity index is 437. The standard InChI is InChI=1S/C16H23NO/c1-11(2)15(10-16(18)17-3)14-8-7-12-5-4-6-13(12)9-14/h7-9,11,15H,4-6,10H2,1-3H3,(H,17,18). The molecule has 1 atom stereocenters. The second-order valence-electron chi connectivity index (χ2n) is 5.61. The smallest absolute Gasteiger partial charge is 0.220 e. The SMILES string of the molecule is CNC(=O)CC(c1ccc2c(c1)CCC2)C(C)C. The summed E-state index contributed by atoms with van der Waals surface area (Å²) in [4.78, 5) is 11.6. The fourth-order valence-electron chi connectivity index (χ4n) is 2.86. The molecule has 0 fully saturated rings. The Morgan fingerprint density at radius 2 is 2.00 bits per heavy atom. The van der Waals surface area contributed by atoms with E-state index in [1.54, 1.807) is 7.05 Å². The van der Waals surface area contributed by atoms with Gasteiger partial charge in [0.2, 0.25) is 5.91 Å². The lowest BCUT2D eigenvalue weighted by Crippen LogP contribution is -2.22. The minimum absolute atomic E-state index is 0.134. The number of nitrogens with one attached hydrogen (secondary N) is 1. The van der Waals surface area contributed by atoms with Gasteiger partial charge in [-0.15, -0.1) is 0 Å². The van der Waals surface area contributed by atoms with Crippen LogP contribution in [-0.4, -0.2) is 13.0 Å². The minimum atomic E-state index is 0.134. The summed E-state index contributed by atoms with van der Waals surface area (Å²) < 4.78 is 0.